The molecule has 0 radical (unpaired) electrons. The second-order valence-electron chi connectivity index (χ2n) is 4.33. The lowest BCUT2D eigenvalue weighted by Crippen LogP contribution is -2.44. The molecule has 0 unspecified atom stereocenters. The summed E-state index contributed by atoms with van der Waals surface area (Å²) in [6.45, 7) is 1.66. The zero-order valence-electron chi connectivity index (χ0n) is 10.1. The van der Waals surface area contributed by atoms with Gasteiger partial charge >= 0.3 is 5.97 Å². The highest BCUT2D eigenvalue weighted by Crippen LogP contribution is 2.19. The first-order chi connectivity index (χ1) is 8.31. The summed E-state index contributed by atoms with van der Waals surface area (Å²) >= 11 is 0. The maximum atomic E-state index is 11.7. The Morgan fingerprint density at radius 2 is 2.41 bits per heavy atom. The Balaban J connectivity index is 2.04. The van der Waals surface area contributed by atoms with E-state index in [1.54, 1.807) is 6.20 Å². The van der Waals surface area contributed by atoms with E-state index in [4.69, 9.17) is 4.74 Å². The van der Waals surface area contributed by atoms with E-state index in [1.165, 1.54) is 7.11 Å². The number of carbonyl (C=O) groups is 1. The van der Waals surface area contributed by atoms with Crippen LogP contribution in [0.5, 0.6) is 0 Å². The fourth-order valence-corrected chi connectivity index (χ4v) is 2.28. The normalized spacial score (nSPS) is 21.1. The summed E-state index contributed by atoms with van der Waals surface area (Å²) in [5, 5.41) is 0. The molecule has 0 aliphatic carbocycles. The van der Waals surface area contributed by atoms with Gasteiger partial charge in [0.2, 0.25) is 0 Å². The van der Waals surface area contributed by atoms with Crippen LogP contribution >= 0.6 is 0 Å². The topological polar surface area (TPSA) is 42.4 Å². The Hall–Kier alpha value is -1.42. The molecule has 1 aromatic heterocycles. The standard InChI is InChI=1S/C13H18N2O2/c1-17-13(16)12-7-3-5-9-15(12)10-11-6-2-4-8-14-11/h2,4,6,8,12H,3,5,7,9-10H2,1H3/t12-/m0/s1. The van der Waals surface area contributed by atoms with Crippen molar-refractivity contribution in [1.82, 2.24) is 9.88 Å². The summed E-state index contributed by atoms with van der Waals surface area (Å²) < 4.78 is 4.86. The molecule has 1 atom stereocenters. The van der Waals surface area contributed by atoms with E-state index in [0.29, 0.717) is 0 Å². The quantitative estimate of drug-likeness (QED) is 0.745. The maximum absolute atomic E-state index is 11.7. The molecular formula is C13H18N2O2. The van der Waals surface area contributed by atoms with Crippen molar-refractivity contribution >= 4 is 5.97 Å². The Kier molecular flexibility index (Phi) is 4.09. The third kappa shape index (κ3) is 3.03. The van der Waals surface area contributed by atoms with Crippen molar-refractivity contribution in [3.63, 3.8) is 0 Å². The highest BCUT2D eigenvalue weighted by molar-refractivity contribution is 5.75. The van der Waals surface area contributed by atoms with E-state index >= 15 is 0 Å². The van der Waals surface area contributed by atoms with Crippen LogP contribution in [0.3, 0.4) is 0 Å². The highest BCUT2D eigenvalue weighted by atomic mass is 16.5. The minimum Gasteiger partial charge on any atom is -0.468 e. The average Bonchev–Trinajstić information content (AvgIpc) is 2.40. The second-order valence-corrected chi connectivity index (χ2v) is 4.33. The van der Waals surface area contributed by atoms with Gasteiger partial charge in [0.1, 0.15) is 6.04 Å². The third-order valence-corrected chi connectivity index (χ3v) is 3.18. The van der Waals surface area contributed by atoms with Crippen molar-refractivity contribution < 1.29 is 9.53 Å². The minimum atomic E-state index is -0.124. The first-order valence-electron chi connectivity index (χ1n) is 6.03. The SMILES string of the molecule is COC(=O)[C@@H]1CCCCN1Cc1ccccn1. The zero-order valence-corrected chi connectivity index (χ0v) is 10.1. The molecule has 1 saturated heterocycles. The molecule has 0 bridgehead atoms. The number of carbonyl (C=O) groups excluding carboxylic acids is 1. The van der Waals surface area contributed by atoms with E-state index in [1.807, 2.05) is 18.2 Å². The monoisotopic (exact) mass is 234 g/mol. The van der Waals surface area contributed by atoms with E-state index in [9.17, 15) is 4.79 Å². The molecular weight excluding hydrogens is 216 g/mol. The number of aromatic nitrogens is 1. The summed E-state index contributed by atoms with van der Waals surface area (Å²) in [6, 6.07) is 5.76. The first kappa shape index (κ1) is 12.0. The van der Waals surface area contributed by atoms with Gasteiger partial charge in [-0.2, -0.15) is 0 Å². The predicted molar refractivity (Wildman–Crippen MR) is 64.3 cm³/mol. The zero-order chi connectivity index (χ0) is 12.1. The van der Waals surface area contributed by atoms with Crippen LogP contribution in [0, 0.1) is 0 Å². The van der Waals surface area contributed by atoms with E-state index in [0.717, 1.165) is 38.0 Å². The van der Waals surface area contributed by atoms with Crippen LogP contribution in [-0.2, 0) is 16.1 Å². The molecule has 1 aliphatic rings. The van der Waals surface area contributed by atoms with E-state index in [2.05, 4.69) is 9.88 Å². The number of methoxy groups -OCH3 is 1. The molecule has 0 N–H and O–H groups in total. The summed E-state index contributed by atoms with van der Waals surface area (Å²) in [7, 11) is 1.45. The van der Waals surface area contributed by atoms with Crippen LogP contribution in [-0.4, -0.2) is 35.5 Å². The highest BCUT2D eigenvalue weighted by Gasteiger charge is 2.29. The molecule has 4 heteroatoms. The van der Waals surface area contributed by atoms with E-state index < -0.39 is 0 Å². The molecule has 2 rings (SSSR count). The first-order valence-corrected chi connectivity index (χ1v) is 6.03. The van der Waals surface area contributed by atoms with Crippen LogP contribution in [0.1, 0.15) is 25.0 Å². The second kappa shape index (κ2) is 5.77. The summed E-state index contributed by atoms with van der Waals surface area (Å²) in [5.41, 5.74) is 1.00. The lowest BCUT2D eigenvalue weighted by Gasteiger charge is -2.33. The number of esters is 1. The van der Waals surface area contributed by atoms with Crippen LogP contribution in [0.4, 0.5) is 0 Å². The van der Waals surface area contributed by atoms with Gasteiger partial charge < -0.3 is 4.74 Å². The van der Waals surface area contributed by atoms with Gasteiger partial charge in [-0.1, -0.05) is 12.5 Å². The minimum absolute atomic E-state index is 0.101. The number of likely N-dealkylation sites (tertiary alicyclic amines) is 1. The van der Waals surface area contributed by atoms with Crippen molar-refractivity contribution in [3.8, 4) is 0 Å². The molecule has 1 fully saturated rings. The number of rotatable bonds is 3. The van der Waals surface area contributed by atoms with Gasteiger partial charge in [-0.15, -0.1) is 0 Å². The molecule has 92 valence electrons. The van der Waals surface area contributed by atoms with Gasteiger partial charge in [0.05, 0.1) is 12.8 Å². The van der Waals surface area contributed by atoms with Crippen molar-refractivity contribution in [2.24, 2.45) is 0 Å². The smallest absolute Gasteiger partial charge is 0.323 e. The molecule has 2 heterocycles. The van der Waals surface area contributed by atoms with E-state index in [-0.39, 0.29) is 12.0 Å². The van der Waals surface area contributed by atoms with Gasteiger partial charge in [-0.05, 0) is 31.5 Å². The number of hydrogen-bond donors (Lipinski definition) is 0. The Morgan fingerprint density at radius 1 is 1.53 bits per heavy atom. The van der Waals surface area contributed by atoms with Gasteiger partial charge in [0.25, 0.3) is 0 Å². The molecule has 1 aliphatic heterocycles. The van der Waals surface area contributed by atoms with Gasteiger partial charge in [-0.25, -0.2) is 0 Å². The maximum Gasteiger partial charge on any atom is 0.323 e. The summed E-state index contributed by atoms with van der Waals surface area (Å²) in [4.78, 5) is 18.1. The van der Waals surface area contributed by atoms with Crippen molar-refractivity contribution in [2.75, 3.05) is 13.7 Å². The predicted octanol–water partition coefficient (Wildman–Crippen LogP) is 1.61. The van der Waals surface area contributed by atoms with Crippen molar-refractivity contribution in [2.45, 2.75) is 31.8 Å². The largest absolute Gasteiger partial charge is 0.468 e. The van der Waals surface area contributed by atoms with Gasteiger partial charge in [0, 0.05) is 12.7 Å². The van der Waals surface area contributed by atoms with Crippen molar-refractivity contribution in [1.29, 1.82) is 0 Å². The Morgan fingerprint density at radius 3 is 3.12 bits per heavy atom. The molecule has 0 amide bonds. The molecule has 0 aromatic carbocycles. The van der Waals surface area contributed by atoms with Gasteiger partial charge in [0.15, 0.2) is 0 Å². The number of nitrogens with zero attached hydrogens (tertiary/aromatic N) is 2. The molecule has 0 spiro atoms. The Bertz CT molecular complexity index is 367. The number of hydrogen-bond acceptors (Lipinski definition) is 4. The summed E-state index contributed by atoms with van der Waals surface area (Å²) in [5.74, 6) is -0.124. The Labute approximate surface area is 102 Å². The molecule has 1 aromatic rings. The fourth-order valence-electron chi connectivity index (χ4n) is 2.28. The third-order valence-electron chi connectivity index (χ3n) is 3.18. The van der Waals surface area contributed by atoms with Crippen LogP contribution in [0.2, 0.25) is 0 Å². The number of ether oxygens (including phenoxy) is 1. The lowest BCUT2D eigenvalue weighted by atomic mass is 10.0. The fraction of sp³-hybridized carbons (Fsp3) is 0.538. The van der Waals surface area contributed by atoms with Crippen molar-refractivity contribution in [3.05, 3.63) is 30.1 Å². The number of piperidine rings is 1. The summed E-state index contributed by atoms with van der Waals surface area (Å²) in [6.07, 6.45) is 4.91. The van der Waals surface area contributed by atoms with Crippen LogP contribution < -0.4 is 0 Å². The van der Waals surface area contributed by atoms with Crippen LogP contribution in [0.25, 0.3) is 0 Å². The molecule has 4 nitrogen and oxygen atoms in total. The number of pyridine rings is 1. The lowest BCUT2D eigenvalue weighted by molar-refractivity contribution is -0.148. The van der Waals surface area contributed by atoms with Crippen LogP contribution in [0.15, 0.2) is 24.4 Å². The molecule has 0 saturated carbocycles. The average molecular weight is 234 g/mol. The molecule has 17 heavy (non-hydrogen) atoms. The van der Waals surface area contributed by atoms with Gasteiger partial charge in [-0.3, -0.25) is 14.7 Å².